The lowest BCUT2D eigenvalue weighted by Crippen LogP contribution is -2.37. The highest BCUT2D eigenvalue weighted by atomic mass is 16.5. The largest absolute Gasteiger partial charge is 0.497 e. The lowest BCUT2D eigenvalue weighted by molar-refractivity contribution is -0.133. The standard InChI is InChI=1S/C20H27N3O3/c1-3-20(24)23(14-18-5-4-12-26-18)15-19-21-10-11-22(19)13-16-6-8-17(25-2)9-7-16/h6-11,18H,3-5,12-15H2,1-2H3. The van der Waals surface area contributed by atoms with Crippen molar-refractivity contribution in [1.29, 1.82) is 0 Å². The number of methoxy groups -OCH3 is 1. The molecule has 1 aliphatic heterocycles. The van der Waals surface area contributed by atoms with Crippen molar-refractivity contribution in [1.82, 2.24) is 14.5 Å². The van der Waals surface area contributed by atoms with E-state index < -0.39 is 0 Å². The molecule has 6 nitrogen and oxygen atoms in total. The minimum Gasteiger partial charge on any atom is -0.497 e. The van der Waals surface area contributed by atoms with Gasteiger partial charge in [-0.3, -0.25) is 4.79 Å². The minimum atomic E-state index is 0.138. The molecular weight excluding hydrogens is 330 g/mol. The molecule has 1 unspecified atom stereocenters. The van der Waals surface area contributed by atoms with Crippen LogP contribution in [0.25, 0.3) is 0 Å². The molecule has 1 aromatic carbocycles. The molecule has 1 aliphatic rings. The van der Waals surface area contributed by atoms with Gasteiger partial charge in [-0.05, 0) is 30.5 Å². The summed E-state index contributed by atoms with van der Waals surface area (Å²) >= 11 is 0. The van der Waals surface area contributed by atoms with E-state index in [4.69, 9.17) is 9.47 Å². The summed E-state index contributed by atoms with van der Waals surface area (Å²) < 4.78 is 13.0. The van der Waals surface area contributed by atoms with Crippen LogP contribution in [-0.4, -0.2) is 46.7 Å². The van der Waals surface area contributed by atoms with Gasteiger partial charge in [-0.2, -0.15) is 0 Å². The summed E-state index contributed by atoms with van der Waals surface area (Å²) in [7, 11) is 1.66. The van der Waals surface area contributed by atoms with Gasteiger partial charge in [-0.25, -0.2) is 4.98 Å². The summed E-state index contributed by atoms with van der Waals surface area (Å²) in [6.45, 7) is 4.56. The first-order valence-electron chi connectivity index (χ1n) is 9.22. The first-order chi connectivity index (χ1) is 12.7. The van der Waals surface area contributed by atoms with Gasteiger partial charge >= 0.3 is 0 Å². The fraction of sp³-hybridized carbons (Fsp3) is 0.500. The quantitative estimate of drug-likeness (QED) is 0.729. The van der Waals surface area contributed by atoms with Crippen LogP contribution in [0.4, 0.5) is 0 Å². The van der Waals surface area contributed by atoms with Gasteiger partial charge in [-0.15, -0.1) is 0 Å². The Morgan fingerprint density at radius 3 is 2.85 bits per heavy atom. The highest BCUT2D eigenvalue weighted by Gasteiger charge is 2.23. The smallest absolute Gasteiger partial charge is 0.222 e. The van der Waals surface area contributed by atoms with Gasteiger partial charge < -0.3 is 18.9 Å². The number of imidazole rings is 1. The lowest BCUT2D eigenvalue weighted by Gasteiger charge is -2.25. The molecule has 140 valence electrons. The van der Waals surface area contributed by atoms with Crippen LogP contribution in [0.15, 0.2) is 36.7 Å². The van der Waals surface area contributed by atoms with E-state index in [1.54, 1.807) is 13.3 Å². The molecule has 0 N–H and O–H groups in total. The Kier molecular flexibility index (Phi) is 6.28. The molecule has 2 heterocycles. The fourth-order valence-electron chi connectivity index (χ4n) is 3.25. The Morgan fingerprint density at radius 1 is 1.38 bits per heavy atom. The molecule has 0 aliphatic carbocycles. The number of amides is 1. The predicted molar refractivity (Wildman–Crippen MR) is 99.0 cm³/mol. The van der Waals surface area contributed by atoms with Crippen molar-refractivity contribution in [2.24, 2.45) is 0 Å². The van der Waals surface area contributed by atoms with Crippen LogP contribution in [0, 0.1) is 0 Å². The maximum absolute atomic E-state index is 12.4. The van der Waals surface area contributed by atoms with Crippen LogP contribution in [0.5, 0.6) is 5.75 Å². The maximum Gasteiger partial charge on any atom is 0.222 e. The van der Waals surface area contributed by atoms with Crippen LogP contribution in [-0.2, 0) is 22.6 Å². The molecule has 0 saturated carbocycles. The minimum absolute atomic E-state index is 0.138. The number of carbonyl (C=O) groups is 1. The zero-order chi connectivity index (χ0) is 18.4. The molecule has 2 aromatic rings. The van der Waals surface area contributed by atoms with E-state index in [1.165, 1.54) is 0 Å². The van der Waals surface area contributed by atoms with E-state index >= 15 is 0 Å². The molecule has 1 amide bonds. The zero-order valence-electron chi connectivity index (χ0n) is 15.6. The summed E-state index contributed by atoms with van der Waals surface area (Å²) in [6.07, 6.45) is 6.49. The molecule has 1 saturated heterocycles. The monoisotopic (exact) mass is 357 g/mol. The third-order valence-corrected chi connectivity index (χ3v) is 4.75. The van der Waals surface area contributed by atoms with Gasteiger partial charge in [0.25, 0.3) is 0 Å². The summed E-state index contributed by atoms with van der Waals surface area (Å²) in [5, 5.41) is 0. The second-order valence-corrected chi connectivity index (χ2v) is 6.58. The number of aromatic nitrogens is 2. The second-order valence-electron chi connectivity index (χ2n) is 6.58. The van der Waals surface area contributed by atoms with Gasteiger partial charge in [0.15, 0.2) is 0 Å². The Balaban J connectivity index is 1.69. The molecule has 1 atom stereocenters. The molecule has 1 fully saturated rings. The van der Waals surface area contributed by atoms with Crippen LogP contribution in [0.3, 0.4) is 0 Å². The molecule has 26 heavy (non-hydrogen) atoms. The Labute approximate surface area is 154 Å². The lowest BCUT2D eigenvalue weighted by atomic mass is 10.2. The Morgan fingerprint density at radius 2 is 2.19 bits per heavy atom. The average Bonchev–Trinajstić information content (AvgIpc) is 3.33. The normalized spacial score (nSPS) is 16.6. The van der Waals surface area contributed by atoms with E-state index in [9.17, 15) is 4.79 Å². The summed E-state index contributed by atoms with van der Waals surface area (Å²) in [5.41, 5.74) is 1.16. The third-order valence-electron chi connectivity index (χ3n) is 4.75. The molecule has 6 heteroatoms. The van der Waals surface area contributed by atoms with Crippen molar-refractivity contribution in [3.63, 3.8) is 0 Å². The molecule has 0 radical (unpaired) electrons. The van der Waals surface area contributed by atoms with E-state index in [-0.39, 0.29) is 12.0 Å². The van der Waals surface area contributed by atoms with Crippen molar-refractivity contribution >= 4 is 5.91 Å². The van der Waals surface area contributed by atoms with E-state index in [2.05, 4.69) is 9.55 Å². The predicted octanol–water partition coefficient (Wildman–Crippen LogP) is 2.86. The van der Waals surface area contributed by atoms with Gasteiger partial charge in [0.1, 0.15) is 11.6 Å². The van der Waals surface area contributed by atoms with Crippen molar-refractivity contribution < 1.29 is 14.3 Å². The topological polar surface area (TPSA) is 56.6 Å². The Hall–Kier alpha value is -2.34. The number of hydrogen-bond acceptors (Lipinski definition) is 4. The average molecular weight is 357 g/mol. The molecule has 0 spiro atoms. The van der Waals surface area contributed by atoms with Crippen LogP contribution in [0.2, 0.25) is 0 Å². The molecule has 1 aromatic heterocycles. The van der Waals surface area contributed by atoms with E-state index in [1.807, 2.05) is 42.3 Å². The first-order valence-corrected chi connectivity index (χ1v) is 9.22. The highest BCUT2D eigenvalue weighted by molar-refractivity contribution is 5.75. The number of hydrogen-bond donors (Lipinski definition) is 0. The van der Waals surface area contributed by atoms with Gasteiger partial charge in [0.2, 0.25) is 5.91 Å². The second kappa shape index (κ2) is 8.85. The number of rotatable bonds is 8. The molecule has 3 rings (SSSR count). The summed E-state index contributed by atoms with van der Waals surface area (Å²) in [6, 6.07) is 8.00. The number of carbonyl (C=O) groups excluding carboxylic acids is 1. The number of nitrogens with zero attached hydrogens (tertiary/aromatic N) is 3. The van der Waals surface area contributed by atoms with Crippen molar-refractivity contribution in [2.45, 2.75) is 45.4 Å². The summed E-state index contributed by atoms with van der Waals surface area (Å²) in [4.78, 5) is 18.7. The third kappa shape index (κ3) is 4.64. The highest BCUT2D eigenvalue weighted by Crippen LogP contribution is 2.17. The van der Waals surface area contributed by atoms with Crippen LogP contribution >= 0.6 is 0 Å². The number of ether oxygens (including phenoxy) is 2. The fourth-order valence-corrected chi connectivity index (χ4v) is 3.25. The van der Waals surface area contributed by atoms with E-state index in [0.717, 1.165) is 36.6 Å². The van der Waals surface area contributed by atoms with Crippen molar-refractivity contribution in [3.05, 3.63) is 48.0 Å². The molecular formula is C20H27N3O3. The SMILES string of the molecule is CCC(=O)N(Cc1nccn1Cc1ccc(OC)cc1)CC1CCCO1. The maximum atomic E-state index is 12.4. The van der Waals surface area contributed by atoms with Crippen LogP contribution in [0.1, 0.15) is 37.6 Å². The van der Waals surface area contributed by atoms with Crippen molar-refractivity contribution in [2.75, 3.05) is 20.3 Å². The van der Waals surface area contributed by atoms with Crippen molar-refractivity contribution in [3.8, 4) is 5.75 Å². The van der Waals surface area contributed by atoms with Gasteiger partial charge in [0, 0.05) is 38.5 Å². The van der Waals surface area contributed by atoms with E-state index in [0.29, 0.717) is 26.1 Å². The summed E-state index contributed by atoms with van der Waals surface area (Å²) in [5.74, 6) is 1.87. The zero-order valence-corrected chi connectivity index (χ0v) is 15.6. The van der Waals surface area contributed by atoms with Gasteiger partial charge in [0.05, 0.1) is 19.8 Å². The number of benzene rings is 1. The first kappa shape index (κ1) is 18.5. The van der Waals surface area contributed by atoms with Gasteiger partial charge in [-0.1, -0.05) is 19.1 Å². The van der Waals surface area contributed by atoms with Crippen LogP contribution < -0.4 is 4.74 Å². The molecule has 0 bridgehead atoms. The Bertz CT molecular complexity index is 705.